The molecule has 0 aliphatic heterocycles. The molecule has 0 bridgehead atoms. The van der Waals surface area contributed by atoms with E-state index < -0.39 is 0 Å². The van der Waals surface area contributed by atoms with Crippen LogP contribution in [0, 0.1) is 0 Å². The minimum absolute atomic E-state index is 0.329. The van der Waals surface area contributed by atoms with E-state index >= 15 is 0 Å². The molecule has 2 aromatic rings. The number of aromatic nitrogens is 1. The Labute approximate surface area is 102 Å². The van der Waals surface area contributed by atoms with Crippen molar-refractivity contribution in [2.45, 2.75) is 0 Å². The van der Waals surface area contributed by atoms with Gasteiger partial charge in [-0.05, 0) is 17.7 Å². The lowest BCUT2D eigenvalue weighted by atomic mass is 10.1. The number of hydrogen-bond acceptors (Lipinski definition) is 5. The third-order valence-electron chi connectivity index (χ3n) is 2.28. The first-order chi connectivity index (χ1) is 8.27. The molecule has 5 nitrogen and oxygen atoms in total. The molecule has 6 heteroatoms. The van der Waals surface area contributed by atoms with Crippen LogP contribution in [0.25, 0.3) is 11.1 Å². The molecule has 3 N–H and O–H groups in total. The summed E-state index contributed by atoms with van der Waals surface area (Å²) in [5, 5.41) is 1.78. The Balaban J connectivity index is 2.58. The summed E-state index contributed by atoms with van der Waals surface area (Å²) in [6.45, 7) is 0. The maximum absolute atomic E-state index is 11.6. The predicted octanol–water partition coefficient (Wildman–Crippen LogP) is 1.42. The highest BCUT2D eigenvalue weighted by Crippen LogP contribution is 2.37. The second-order valence-electron chi connectivity index (χ2n) is 3.22. The fourth-order valence-electron chi connectivity index (χ4n) is 1.52. The minimum atomic E-state index is -0.329. The summed E-state index contributed by atoms with van der Waals surface area (Å²) in [5.41, 5.74) is 3.74. The number of ether oxygens (including phenoxy) is 1. The molecule has 1 amide bonds. The van der Waals surface area contributed by atoms with Crippen LogP contribution in [0.1, 0.15) is 9.67 Å². The summed E-state index contributed by atoms with van der Waals surface area (Å²) in [5.74, 6) is 5.48. The van der Waals surface area contributed by atoms with Gasteiger partial charge in [-0.3, -0.25) is 15.2 Å². The van der Waals surface area contributed by atoms with Crippen molar-refractivity contribution in [2.24, 2.45) is 5.84 Å². The fourth-order valence-corrected chi connectivity index (χ4v) is 2.46. The standard InChI is InChI=1S/C11H11N3O2S/c1-16-8-6-17-10(11(15)14-12)9(8)7-2-4-13-5-3-7/h2-6H,12H2,1H3,(H,14,15). The topological polar surface area (TPSA) is 77.2 Å². The molecule has 0 unspecified atom stereocenters. The van der Waals surface area contributed by atoms with Crippen LogP contribution in [-0.2, 0) is 0 Å². The maximum atomic E-state index is 11.6. The van der Waals surface area contributed by atoms with E-state index in [-0.39, 0.29) is 5.91 Å². The van der Waals surface area contributed by atoms with Crippen LogP contribution in [0.2, 0.25) is 0 Å². The number of amides is 1. The van der Waals surface area contributed by atoms with Crippen LogP contribution >= 0.6 is 11.3 Å². The number of thiophene rings is 1. The molecule has 2 heterocycles. The minimum Gasteiger partial charge on any atom is -0.495 e. The first-order valence-corrected chi connectivity index (χ1v) is 5.72. The molecule has 88 valence electrons. The average Bonchev–Trinajstić information content (AvgIpc) is 2.82. The van der Waals surface area contributed by atoms with Gasteiger partial charge in [-0.1, -0.05) is 0 Å². The van der Waals surface area contributed by atoms with Gasteiger partial charge in [0.25, 0.3) is 5.91 Å². The molecule has 0 aromatic carbocycles. The summed E-state index contributed by atoms with van der Waals surface area (Å²) in [7, 11) is 1.57. The van der Waals surface area contributed by atoms with Gasteiger partial charge in [0, 0.05) is 23.3 Å². The first kappa shape index (κ1) is 11.6. The van der Waals surface area contributed by atoms with Crippen molar-refractivity contribution in [3.8, 4) is 16.9 Å². The SMILES string of the molecule is COc1csc(C(=O)NN)c1-c1ccncc1. The van der Waals surface area contributed by atoms with E-state index in [1.165, 1.54) is 11.3 Å². The fraction of sp³-hybridized carbons (Fsp3) is 0.0909. The summed E-state index contributed by atoms with van der Waals surface area (Å²) in [4.78, 5) is 16.1. The van der Waals surface area contributed by atoms with Crippen molar-refractivity contribution in [3.63, 3.8) is 0 Å². The molecule has 0 fully saturated rings. The highest BCUT2D eigenvalue weighted by atomic mass is 32.1. The van der Waals surface area contributed by atoms with E-state index in [0.717, 1.165) is 11.1 Å². The highest BCUT2D eigenvalue weighted by Gasteiger charge is 2.19. The van der Waals surface area contributed by atoms with Gasteiger partial charge in [-0.15, -0.1) is 11.3 Å². The van der Waals surface area contributed by atoms with Gasteiger partial charge in [0.1, 0.15) is 10.6 Å². The number of rotatable bonds is 3. The van der Waals surface area contributed by atoms with Crippen molar-refractivity contribution in [2.75, 3.05) is 7.11 Å². The lowest BCUT2D eigenvalue weighted by Gasteiger charge is -2.05. The number of nitrogens with zero attached hydrogens (tertiary/aromatic N) is 1. The van der Waals surface area contributed by atoms with Crippen LogP contribution in [-0.4, -0.2) is 18.0 Å². The normalized spacial score (nSPS) is 10.0. The molecule has 0 spiro atoms. The van der Waals surface area contributed by atoms with Crippen LogP contribution in [0.5, 0.6) is 5.75 Å². The van der Waals surface area contributed by atoms with Crippen molar-refractivity contribution in [1.29, 1.82) is 0 Å². The smallest absolute Gasteiger partial charge is 0.276 e. The summed E-state index contributed by atoms with van der Waals surface area (Å²) >= 11 is 1.29. The lowest BCUT2D eigenvalue weighted by Crippen LogP contribution is -2.29. The molecule has 2 aromatic heterocycles. The number of pyridine rings is 1. The molecule has 0 saturated heterocycles. The third-order valence-corrected chi connectivity index (χ3v) is 3.24. The molecule has 2 rings (SSSR count). The first-order valence-electron chi connectivity index (χ1n) is 4.84. The summed E-state index contributed by atoms with van der Waals surface area (Å²) < 4.78 is 5.24. The maximum Gasteiger partial charge on any atom is 0.276 e. The zero-order chi connectivity index (χ0) is 12.3. The van der Waals surface area contributed by atoms with Crippen LogP contribution in [0.15, 0.2) is 29.9 Å². The molecule has 0 aliphatic carbocycles. The molecule has 0 radical (unpaired) electrons. The molecule has 0 atom stereocenters. The number of nitrogens with one attached hydrogen (secondary N) is 1. The van der Waals surface area contributed by atoms with Crippen LogP contribution in [0.3, 0.4) is 0 Å². The van der Waals surface area contributed by atoms with Gasteiger partial charge in [-0.25, -0.2) is 5.84 Å². The van der Waals surface area contributed by atoms with Crippen molar-refractivity contribution in [3.05, 3.63) is 34.8 Å². The number of carbonyl (C=O) groups is 1. The Kier molecular flexibility index (Phi) is 3.36. The van der Waals surface area contributed by atoms with E-state index in [1.54, 1.807) is 24.9 Å². The van der Waals surface area contributed by atoms with Crippen molar-refractivity contribution in [1.82, 2.24) is 10.4 Å². The number of nitrogen functional groups attached to an aromatic ring is 1. The third kappa shape index (κ3) is 2.13. The van der Waals surface area contributed by atoms with E-state index in [0.29, 0.717) is 10.6 Å². The Morgan fingerprint density at radius 1 is 1.47 bits per heavy atom. The Bertz CT molecular complexity index is 525. The van der Waals surface area contributed by atoms with E-state index in [2.05, 4.69) is 10.4 Å². The zero-order valence-electron chi connectivity index (χ0n) is 9.14. The summed E-state index contributed by atoms with van der Waals surface area (Å²) in [6.07, 6.45) is 3.33. The lowest BCUT2D eigenvalue weighted by molar-refractivity contribution is 0.0958. The van der Waals surface area contributed by atoms with Gasteiger partial charge in [0.2, 0.25) is 0 Å². The zero-order valence-corrected chi connectivity index (χ0v) is 9.95. The number of carbonyl (C=O) groups excluding carboxylic acids is 1. The number of hydrogen-bond donors (Lipinski definition) is 2. The van der Waals surface area contributed by atoms with Crippen LogP contribution in [0.4, 0.5) is 0 Å². The van der Waals surface area contributed by atoms with Crippen LogP contribution < -0.4 is 16.0 Å². The highest BCUT2D eigenvalue weighted by molar-refractivity contribution is 7.13. The number of methoxy groups -OCH3 is 1. The van der Waals surface area contributed by atoms with Gasteiger partial charge < -0.3 is 4.74 Å². The van der Waals surface area contributed by atoms with Gasteiger partial charge in [-0.2, -0.15) is 0 Å². The summed E-state index contributed by atoms with van der Waals surface area (Å²) in [6, 6.07) is 3.63. The van der Waals surface area contributed by atoms with Crippen molar-refractivity contribution < 1.29 is 9.53 Å². The van der Waals surface area contributed by atoms with E-state index in [1.807, 2.05) is 12.1 Å². The quantitative estimate of drug-likeness (QED) is 0.490. The average molecular weight is 249 g/mol. The van der Waals surface area contributed by atoms with Gasteiger partial charge in [0.05, 0.1) is 7.11 Å². The Morgan fingerprint density at radius 3 is 2.76 bits per heavy atom. The second kappa shape index (κ2) is 4.94. The van der Waals surface area contributed by atoms with Crippen molar-refractivity contribution >= 4 is 17.2 Å². The van der Waals surface area contributed by atoms with E-state index in [9.17, 15) is 4.79 Å². The van der Waals surface area contributed by atoms with Gasteiger partial charge in [0.15, 0.2) is 0 Å². The van der Waals surface area contributed by atoms with E-state index in [4.69, 9.17) is 10.6 Å². The number of hydrazine groups is 1. The Hall–Kier alpha value is -1.92. The largest absolute Gasteiger partial charge is 0.495 e. The molecular formula is C11H11N3O2S. The Morgan fingerprint density at radius 2 is 2.18 bits per heavy atom. The molecule has 17 heavy (non-hydrogen) atoms. The number of nitrogens with two attached hydrogens (primary N) is 1. The second-order valence-corrected chi connectivity index (χ2v) is 4.10. The molecule has 0 aliphatic rings. The van der Waals surface area contributed by atoms with Gasteiger partial charge >= 0.3 is 0 Å². The molecule has 0 saturated carbocycles. The predicted molar refractivity (Wildman–Crippen MR) is 65.8 cm³/mol. The molecular weight excluding hydrogens is 238 g/mol. The monoisotopic (exact) mass is 249 g/mol.